The van der Waals surface area contributed by atoms with Gasteiger partial charge in [-0.1, -0.05) is 11.8 Å². The van der Waals surface area contributed by atoms with Crippen LogP contribution >= 0.6 is 11.8 Å². The fourth-order valence-electron chi connectivity index (χ4n) is 2.16. The van der Waals surface area contributed by atoms with E-state index in [0.29, 0.717) is 17.1 Å². The Kier molecular flexibility index (Phi) is 3.88. The summed E-state index contributed by atoms with van der Waals surface area (Å²) in [7, 11) is 0. The Bertz CT molecular complexity index is 566. The molecule has 1 amide bonds. The lowest BCUT2D eigenvalue weighted by Crippen LogP contribution is -2.33. The van der Waals surface area contributed by atoms with E-state index in [0.717, 1.165) is 43.3 Å². The molecule has 1 heterocycles. The molecule has 1 atom stereocenters. The van der Waals surface area contributed by atoms with Crippen LogP contribution in [-0.2, 0) is 9.59 Å². The number of carbonyl (C=O) groups is 2. The lowest BCUT2D eigenvalue weighted by atomic mass is 10.2. The SMILES string of the molecule is CC(C(=O)NC1CC1)n1c(SCC(=O)O)nnc1C1CC1. The maximum absolute atomic E-state index is 12.3. The lowest BCUT2D eigenvalue weighted by molar-refractivity contribution is -0.134. The van der Waals surface area contributed by atoms with Crippen molar-refractivity contribution in [3.8, 4) is 0 Å². The monoisotopic (exact) mass is 310 g/mol. The van der Waals surface area contributed by atoms with Gasteiger partial charge in [0.05, 0.1) is 5.75 Å². The van der Waals surface area contributed by atoms with E-state index in [4.69, 9.17) is 5.11 Å². The number of amides is 1. The predicted molar refractivity (Wildman–Crippen MR) is 76.2 cm³/mol. The molecular formula is C13H18N4O3S. The first kappa shape index (κ1) is 14.4. The van der Waals surface area contributed by atoms with Crippen LogP contribution in [0, 0.1) is 0 Å². The van der Waals surface area contributed by atoms with Crippen LogP contribution in [0.4, 0.5) is 0 Å². The molecule has 0 saturated heterocycles. The number of hydrogen-bond acceptors (Lipinski definition) is 5. The fourth-order valence-corrected chi connectivity index (χ4v) is 2.91. The zero-order valence-electron chi connectivity index (χ0n) is 11.8. The van der Waals surface area contributed by atoms with Crippen molar-refractivity contribution >= 4 is 23.6 Å². The second-order valence-electron chi connectivity index (χ2n) is 5.63. The molecule has 8 heteroatoms. The van der Waals surface area contributed by atoms with E-state index in [2.05, 4.69) is 15.5 Å². The molecule has 2 saturated carbocycles. The molecule has 2 fully saturated rings. The summed E-state index contributed by atoms with van der Waals surface area (Å²) in [5.74, 6) is 0.128. The van der Waals surface area contributed by atoms with Crippen LogP contribution < -0.4 is 5.32 Å². The summed E-state index contributed by atoms with van der Waals surface area (Å²) >= 11 is 1.11. The number of carboxylic acids is 1. The number of carbonyl (C=O) groups excluding carboxylic acids is 1. The number of hydrogen-bond donors (Lipinski definition) is 2. The molecule has 2 aliphatic rings. The van der Waals surface area contributed by atoms with Gasteiger partial charge in [-0.3, -0.25) is 14.2 Å². The zero-order chi connectivity index (χ0) is 15.0. The van der Waals surface area contributed by atoms with E-state index in [9.17, 15) is 9.59 Å². The van der Waals surface area contributed by atoms with Crippen LogP contribution in [0.15, 0.2) is 5.16 Å². The summed E-state index contributed by atoms with van der Waals surface area (Å²) in [6, 6.07) is -0.108. The van der Waals surface area contributed by atoms with Crippen molar-refractivity contribution in [2.45, 2.75) is 55.8 Å². The van der Waals surface area contributed by atoms with Gasteiger partial charge >= 0.3 is 5.97 Å². The maximum Gasteiger partial charge on any atom is 0.313 e. The molecule has 3 rings (SSSR count). The molecule has 114 valence electrons. The highest BCUT2D eigenvalue weighted by Gasteiger charge is 2.34. The van der Waals surface area contributed by atoms with E-state index in [1.54, 1.807) is 0 Å². The van der Waals surface area contributed by atoms with E-state index in [1.165, 1.54) is 0 Å². The summed E-state index contributed by atoms with van der Waals surface area (Å²) in [5.41, 5.74) is 0. The van der Waals surface area contributed by atoms with E-state index in [-0.39, 0.29) is 11.7 Å². The smallest absolute Gasteiger partial charge is 0.313 e. The van der Waals surface area contributed by atoms with Crippen LogP contribution in [0.3, 0.4) is 0 Å². The third-order valence-electron chi connectivity index (χ3n) is 3.65. The largest absolute Gasteiger partial charge is 0.481 e. The van der Waals surface area contributed by atoms with E-state index >= 15 is 0 Å². The van der Waals surface area contributed by atoms with Crippen molar-refractivity contribution in [2.75, 3.05) is 5.75 Å². The van der Waals surface area contributed by atoms with Crippen LogP contribution in [-0.4, -0.2) is 43.5 Å². The molecule has 7 nitrogen and oxygen atoms in total. The van der Waals surface area contributed by atoms with Gasteiger partial charge in [-0.05, 0) is 32.6 Å². The average Bonchev–Trinajstić information content (AvgIpc) is 3.35. The number of aromatic nitrogens is 3. The van der Waals surface area contributed by atoms with Gasteiger partial charge in [0.15, 0.2) is 5.16 Å². The Balaban J connectivity index is 1.80. The molecule has 2 aliphatic carbocycles. The van der Waals surface area contributed by atoms with Crippen molar-refractivity contribution in [1.29, 1.82) is 0 Å². The quantitative estimate of drug-likeness (QED) is 0.734. The molecule has 0 aliphatic heterocycles. The molecule has 0 radical (unpaired) electrons. The van der Waals surface area contributed by atoms with Gasteiger partial charge in [-0.2, -0.15) is 0 Å². The minimum absolute atomic E-state index is 0.0450. The predicted octanol–water partition coefficient (Wildman–Crippen LogP) is 1.17. The van der Waals surface area contributed by atoms with Gasteiger partial charge < -0.3 is 10.4 Å². The second kappa shape index (κ2) is 5.67. The number of nitrogens with zero attached hydrogens (tertiary/aromatic N) is 3. The van der Waals surface area contributed by atoms with Gasteiger partial charge in [0.2, 0.25) is 5.91 Å². The molecule has 0 aromatic carbocycles. The summed E-state index contributed by atoms with van der Waals surface area (Å²) in [6.45, 7) is 1.82. The Morgan fingerprint density at radius 2 is 2.10 bits per heavy atom. The van der Waals surface area contributed by atoms with Crippen LogP contribution in [0.5, 0.6) is 0 Å². The van der Waals surface area contributed by atoms with Crippen molar-refractivity contribution in [3.63, 3.8) is 0 Å². The zero-order valence-corrected chi connectivity index (χ0v) is 12.6. The molecular weight excluding hydrogens is 292 g/mol. The van der Waals surface area contributed by atoms with Gasteiger partial charge in [0.25, 0.3) is 0 Å². The highest BCUT2D eigenvalue weighted by atomic mass is 32.2. The van der Waals surface area contributed by atoms with Crippen LogP contribution in [0.1, 0.15) is 50.4 Å². The number of thioether (sulfide) groups is 1. The lowest BCUT2D eigenvalue weighted by Gasteiger charge is -2.17. The number of carboxylic acid groups (broad SMARTS) is 1. The van der Waals surface area contributed by atoms with Gasteiger partial charge in [-0.15, -0.1) is 10.2 Å². The van der Waals surface area contributed by atoms with Gasteiger partial charge in [-0.25, -0.2) is 0 Å². The standard InChI is InChI=1S/C13H18N4O3S/c1-7(12(20)14-9-4-5-9)17-11(8-2-3-8)15-16-13(17)21-6-10(18)19/h7-9H,2-6H2,1H3,(H,14,20)(H,18,19). The van der Waals surface area contributed by atoms with Crippen LogP contribution in [0.2, 0.25) is 0 Å². The summed E-state index contributed by atoms with van der Waals surface area (Å²) in [4.78, 5) is 23.0. The minimum Gasteiger partial charge on any atom is -0.481 e. The highest BCUT2D eigenvalue weighted by Crippen LogP contribution is 2.41. The minimum atomic E-state index is -0.905. The second-order valence-corrected chi connectivity index (χ2v) is 6.57. The van der Waals surface area contributed by atoms with Crippen LogP contribution in [0.25, 0.3) is 0 Å². The Labute approximate surface area is 126 Å². The summed E-state index contributed by atoms with van der Waals surface area (Å²) < 4.78 is 1.81. The first-order chi connectivity index (χ1) is 10.1. The molecule has 1 aromatic heterocycles. The Hall–Kier alpha value is -1.57. The van der Waals surface area contributed by atoms with Gasteiger partial charge in [0, 0.05) is 12.0 Å². The van der Waals surface area contributed by atoms with Crippen molar-refractivity contribution in [1.82, 2.24) is 20.1 Å². The van der Waals surface area contributed by atoms with E-state index in [1.807, 2.05) is 11.5 Å². The average molecular weight is 310 g/mol. The summed E-state index contributed by atoms with van der Waals surface area (Å²) in [6.07, 6.45) is 4.19. The van der Waals surface area contributed by atoms with E-state index < -0.39 is 12.0 Å². The number of nitrogens with one attached hydrogen (secondary N) is 1. The topological polar surface area (TPSA) is 97.1 Å². The van der Waals surface area contributed by atoms with Crippen molar-refractivity contribution in [2.24, 2.45) is 0 Å². The highest BCUT2D eigenvalue weighted by molar-refractivity contribution is 7.99. The first-order valence-corrected chi connectivity index (χ1v) is 8.14. The number of rotatable bonds is 7. The molecule has 1 aromatic rings. The molecule has 0 bridgehead atoms. The normalized spacial score (nSPS) is 19.3. The number of aliphatic carboxylic acids is 1. The van der Waals surface area contributed by atoms with Crippen molar-refractivity contribution in [3.05, 3.63) is 5.82 Å². The Morgan fingerprint density at radius 3 is 2.67 bits per heavy atom. The molecule has 21 heavy (non-hydrogen) atoms. The van der Waals surface area contributed by atoms with Gasteiger partial charge in [0.1, 0.15) is 11.9 Å². The third-order valence-corrected chi connectivity index (χ3v) is 4.58. The maximum atomic E-state index is 12.3. The summed E-state index contributed by atoms with van der Waals surface area (Å²) in [5, 5.41) is 20.6. The third kappa shape index (κ3) is 3.37. The molecule has 2 N–H and O–H groups in total. The fraction of sp³-hybridized carbons (Fsp3) is 0.692. The van der Waals surface area contributed by atoms with Crippen molar-refractivity contribution < 1.29 is 14.7 Å². The Morgan fingerprint density at radius 1 is 1.38 bits per heavy atom. The molecule has 0 spiro atoms. The molecule has 1 unspecified atom stereocenters. The first-order valence-electron chi connectivity index (χ1n) is 7.16.